The van der Waals surface area contributed by atoms with Crippen molar-refractivity contribution in [3.63, 3.8) is 0 Å². The third-order valence-corrected chi connectivity index (χ3v) is 6.48. The van der Waals surface area contributed by atoms with Crippen LogP contribution in [-0.2, 0) is 11.2 Å². The van der Waals surface area contributed by atoms with Gasteiger partial charge in [0.2, 0.25) is 11.9 Å². The lowest BCUT2D eigenvalue weighted by atomic mass is 9.87. The predicted molar refractivity (Wildman–Crippen MR) is 116 cm³/mol. The summed E-state index contributed by atoms with van der Waals surface area (Å²) in [6.45, 7) is 3.81. The minimum Gasteiger partial charge on any atom is -0.349 e. The van der Waals surface area contributed by atoms with E-state index in [4.69, 9.17) is 4.98 Å². The van der Waals surface area contributed by atoms with E-state index in [1.165, 1.54) is 16.7 Å². The second kappa shape index (κ2) is 7.54. The third-order valence-electron chi connectivity index (χ3n) is 6.48. The quantitative estimate of drug-likeness (QED) is 0.704. The van der Waals surface area contributed by atoms with Crippen molar-refractivity contribution in [1.82, 2.24) is 15.3 Å². The maximum atomic E-state index is 12.9. The lowest BCUT2D eigenvalue weighted by Gasteiger charge is -2.33. The van der Waals surface area contributed by atoms with Crippen LogP contribution in [0.2, 0.25) is 0 Å². The van der Waals surface area contributed by atoms with Crippen LogP contribution in [-0.4, -0.2) is 29.0 Å². The monoisotopic (exact) mass is 388 g/mol. The van der Waals surface area contributed by atoms with Gasteiger partial charge in [0.1, 0.15) is 0 Å². The fraction of sp³-hybridized carbons (Fsp3) is 0.417. The van der Waals surface area contributed by atoms with Gasteiger partial charge in [0.25, 0.3) is 0 Å². The summed E-state index contributed by atoms with van der Waals surface area (Å²) in [6, 6.07) is 15.0. The van der Waals surface area contributed by atoms with Crippen molar-refractivity contribution in [3.8, 4) is 0 Å². The molecule has 0 radical (unpaired) electrons. The SMILES string of the molecule is Cc1ccc2nc(N3CCC(C(=O)N[C@H]4CCCc5ccccc54)CC3)[nH]c2c1. The highest BCUT2D eigenvalue weighted by Gasteiger charge is 2.29. The second-order valence-electron chi connectivity index (χ2n) is 8.49. The molecule has 1 aliphatic heterocycles. The van der Waals surface area contributed by atoms with Crippen LogP contribution in [0.25, 0.3) is 11.0 Å². The molecule has 3 aromatic rings. The molecule has 5 nitrogen and oxygen atoms in total. The van der Waals surface area contributed by atoms with Crippen LogP contribution in [0.1, 0.15) is 48.4 Å². The first kappa shape index (κ1) is 18.2. The molecule has 0 saturated carbocycles. The molecule has 5 heteroatoms. The Hall–Kier alpha value is -2.82. The number of carbonyl (C=O) groups excluding carboxylic acids is 1. The number of nitrogens with zero attached hydrogens (tertiary/aromatic N) is 2. The van der Waals surface area contributed by atoms with Gasteiger partial charge in [-0.25, -0.2) is 4.98 Å². The molecular formula is C24H28N4O. The highest BCUT2D eigenvalue weighted by atomic mass is 16.1. The molecule has 150 valence electrons. The van der Waals surface area contributed by atoms with Gasteiger partial charge in [-0.2, -0.15) is 0 Å². The summed E-state index contributed by atoms with van der Waals surface area (Å²) in [7, 11) is 0. The number of carbonyl (C=O) groups is 1. The Bertz CT molecular complexity index is 1030. The molecule has 2 aromatic carbocycles. The molecule has 1 aromatic heterocycles. The summed E-state index contributed by atoms with van der Waals surface area (Å²) in [6.07, 6.45) is 5.05. The van der Waals surface area contributed by atoms with Gasteiger partial charge < -0.3 is 15.2 Å². The number of hydrogen-bond acceptors (Lipinski definition) is 3. The van der Waals surface area contributed by atoms with Gasteiger partial charge in [-0.05, 0) is 67.9 Å². The minimum absolute atomic E-state index is 0.0898. The molecule has 0 unspecified atom stereocenters. The summed E-state index contributed by atoms with van der Waals surface area (Å²) in [5, 5.41) is 3.35. The maximum absolute atomic E-state index is 12.9. The average molecular weight is 389 g/mol. The van der Waals surface area contributed by atoms with Gasteiger partial charge in [-0.1, -0.05) is 30.3 Å². The number of hydrogen-bond donors (Lipinski definition) is 2. The number of aryl methyl sites for hydroxylation is 2. The van der Waals surface area contributed by atoms with Gasteiger partial charge >= 0.3 is 0 Å². The normalized spacial score (nSPS) is 19.9. The van der Waals surface area contributed by atoms with E-state index in [1.54, 1.807) is 0 Å². The molecule has 0 spiro atoms. The van der Waals surface area contributed by atoms with Crippen LogP contribution in [0.15, 0.2) is 42.5 Å². The number of piperidine rings is 1. The highest BCUT2D eigenvalue weighted by Crippen LogP contribution is 2.31. The summed E-state index contributed by atoms with van der Waals surface area (Å²) < 4.78 is 0. The van der Waals surface area contributed by atoms with Gasteiger partial charge in [0.05, 0.1) is 17.1 Å². The number of amides is 1. The molecule has 1 atom stereocenters. The average Bonchev–Trinajstić information content (AvgIpc) is 3.17. The van der Waals surface area contributed by atoms with E-state index in [1.807, 2.05) is 0 Å². The van der Waals surface area contributed by atoms with E-state index in [0.29, 0.717) is 0 Å². The van der Waals surface area contributed by atoms with Gasteiger partial charge in [0.15, 0.2) is 0 Å². The molecule has 1 amide bonds. The molecule has 1 aliphatic carbocycles. The van der Waals surface area contributed by atoms with Gasteiger partial charge in [-0.3, -0.25) is 4.79 Å². The summed E-state index contributed by atoms with van der Waals surface area (Å²) in [5.74, 6) is 1.23. The zero-order chi connectivity index (χ0) is 19.8. The molecule has 0 bridgehead atoms. The summed E-state index contributed by atoms with van der Waals surface area (Å²) in [4.78, 5) is 23.4. The lowest BCUT2D eigenvalue weighted by molar-refractivity contribution is -0.126. The Morgan fingerprint density at radius 2 is 1.97 bits per heavy atom. The van der Waals surface area contributed by atoms with Crippen LogP contribution in [0.4, 0.5) is 5.95 Å². The highest BCUT2D eigenvalue weighted by molar-refractivity contribution is 5.80. The Labute approximate surface area is 171 Å². The van der Waals surface area contributed by atoms with Gasteiger partial charge in [-0.15, -0.1) is 0 Å². The number of aromatic nitrogens is 2. The van der Waals surface area contributed by atoms with Crippen molar-refractivity contribution in [3.05, 3.63) is 59.2 Å². The largest absolute Gasteiger partial charge is 0.349 e. The predicted octanol–water partition coefficient (Wildman–Crippen LogP) is 4.28. The standard InChI is InChI=1S/C24H28N4O/c1-16-9-10-21-22(15-16)27-24(26-21)28-13-11-18(12-14-28)23(29)25-20-8-4-6-17-5-2-3-7-19(17)20/h2-3,5,7,9-10,15,18,20H,4,6,8,11-14H2,1H3,(H,25,29)(H,26,27)/t20-/m0/s1. The van der Waals surface area contributed by atoms with Crippen molar-refractivity contribution in [2.24, 2.45) is 5.92 Å². The van der Waals surface area contributed by atoms with Gasteiger partial charge in [0, 0.05) is 19.0 Å². The topological polar surface area (TPSA) is 61.0 Å². The van der Waals surface area contributed by atoms with Crippen molar-refractivity contribution < 1.29 is 4.79 Å². The fourth-order valence-electron chi connectivity index (χ4n) is 4.81. The molecule has 5 rings (SSSR count). The van der Waals surface area contributed by atoms with Crippen LogP contribution in [0.3, 0.4) is 0 Å². The van der Waals surface area contributed by atoms with Crippen molar-refractivity contribution in [2.75, 3.05) is 18.0 Å². The third kappa shape index (κ3) is 3.61. The zero-order valence-corrected chi connectivity index (χ0v) is 16.9. The molecule has 2 N–H and O–H groups in total. The van der Waals surface area contributed by atoms with Crippen molar-refractivity contribution in [2.45, 2.75) is 45.1 Å². The number of fused-ring (bicyclic) bond motifs is 2. The van der Waals surface area contributed by atoms with E-state index >= 15 is 0 Å². The van der Waals surface area contributed by atoms with E-state index in [2.05, 4.69) is 64.6 Å². The maximum Gasteiger partial charge on any atom is 0.223 e. The number of H-pyrrole nitrogens is 1. The van der Waals surface area contributed by atoms with Crippen LogP contribution in [0.5, 0.6) is 0 Å². The first-order chi connectivity index (χ1) is 14.2. The Morgan fingerprint density at radius 3 is 2.83 bits per heavy atom. The van der Waals surface area contributed by atoms with Crippen LogP contribution in [0, 0.1) is 12.8 Å². The Balaban J connectivity index is 1.22. The lowest BCUT2D eigenvalue weighted by Crippen LogP contribution is -2.42. The van der Waals surface area contributed by atoms with E-state index in [0.717, 1.165) is 62.2 Å². The molecular weight excluding hydrogens is 360 g/mol. The second-order valence-corrected chi connectivity index (χ2v) is 8.49. The number of rotatable bonds is 3. The molecule has 2 heterocycles. The minimum atomic E-state index is 0.0898. The molecule has 1 fully saturated rings. The fourth-order valence-corrected chi connectivity index (χ4v) is 4.81. The van der Waals surface area contributed by atoms with E-state index in [-0.39, 0.29) is 17.9 Å². The molecule has 1 saturated heterocycles. The van der Waals surface area contributed by atoms with Crippen molar-refractivity contribution >= 4 is 22.9 Å². The first-order valence-corrected chi connectivity index (χ1v) is 10.8. The van der Waals surface area contributed by atoms with E-state index in [9.17, 15) is 4.79 Å². The number of benzene rings is 2. The Morgan fingerprint density at radius 1 is 1.14 bits per heavy atom. The summed E-state index contributed by atoms with van der Waals surface area (Å²) >= 11 is 0. The molecule has 29 heavy (non-hydrogen) atoms. The van der Waals surface area contributed by atoms with Crippen molar-refractivity contribution in [1.29, 1.82) is 0 Å². The van der Waals surface area contributed by atoms with Crippen LogP contribution < -0.4 is 10.2 Å². The molecule has 2 aliphatic rings. The zero-order valence-electron chi connectivity index (χ0n) is 16.9. The van der Waals surface area contributed by atoms with Crippen LogP contribution >= 0.6 is 0 Å². The number of nitrogens with one attached hydrogen (secondary N) is 2. The Kier molecular flexibility index (Phi) is 4.74. The van der Waals surface area contributed by atoms with E-state index < -0.39 is 0 Å². The summed E-state index contributed by atoms with van der Waals surface area (Å²) in [5.41, 5.74) is 6.01. The smallest absolute Gasteiger partial charge is 0.223 e. The first-order valence-electron chi connectivity index (χ1n) is 10.8. The number of imidazole rings is 1. The number of aromatic amines is 1. The number of anilines is 1.